The third kappa shape index (κ3) is 4.55. The molecule has 1 heteroatoms. The zero-order valence-corrected chi connectivity index (χ0v) is 13.7. The minimum absolute atomic E-state index is 0.647. The molecule has 1 nitrogen and oxygen atoms in total. The highest BCUT2D eigenvalue weighted by Crippen LogP contribution is 2.26. The average Bonchev–Trinajstić information content (AvgIpc) is 2.65. The summed E-state index contributed by atoms with van der Waals surface area (Å²) in [6.45, 7) is 0.647. The first-order valence-electron chi connectivity index (χ1n) is 8.38. The van der Waals surface area contributed by atoms with Crippen molar-refractivity contribution in [1.82, 2.24) is 0 Å². The Bertz CT molecular complexity index is 823. The van der Waals surface area contributed by atoms with E-state index in [1.807, 2.05) is 48.5 Å². The number of benzene rings is 2. The van der Waals surface area contributed by atoms with Gasteiger partial charge in [-0.1, -0.05) is 54.0 Å². The normalized spacial score (nSPS) is 11.3. The van der Waals surface area contributed by atoms with E-state index in [1.54, 1.807) is 0 Å². The van der Waals surface area contributed by atoms with Crippen molar-refractivity contribution in [2.75, 3.05) is 6.61 Å². The van der Waals surface area contributed by atoms with Gasteiger partial charge in [0.1, 0.15) is 12.4 Å². The molecule has 0 N–H and O–H groups in total. The summed E-state index contributed by atoms with van der Waals surface area (Å²) in [7, 11) is 0. The Hall–Kier alpha value is -2.90. The Morgan fingerprint density at radius 1 is 0.833 bits per heavy atom. The quantitative estimate of drug-likeness (QED) is 0.569. The van der Waals surface area contributed by atoms with Gasteiger partial charge >= 0.3 is 0 Å². The summed E-state index contributed by atoms with van der Waals surface area (Å²) in [5.41, 5.74) is 3.23. The van der Waals surface area contributed by atoms with Crippen molar-refractivity contribution in [2.24, 2.45) is 0 Å². The molecule has 2 aromatic rings. The van der Waals surface area contributed by atoms with Crippen molar-refractivity contribution in [3.8, 4) is 29.4 Å². The van der Waals surface area contributed by atoms with E-state index >= 15 is 0 Å². The Morgan fingerprint density at radius 2 is 1.62 bits per heavy atom. The average molecular weight is 312 g/mol. The molecule has 0 aliphatic carbocycles. The molecule has 0 unspecified atom stereocenters. The summed E-state index contributed by atoms with van der Waals surface area (Å²) in [4.78, 5) is 0. The molecule has 3 rings (SSSR count). The molecule has 0 saturated heterocycles. The maximum atomic E-state index is 5.60. The molecule has 0 radical (unpaired) electrons. The molecule has 0 atom stereocenters. The van der Waals surface area contributed by atoms with Crippen LogP contribution in [0.5, 0.6) is 5.75 Å². The van der Waals surface area contributed by atoms with E-state index in [9.17, 15) is 0 Å². The molecule has 0 saturated carbocycles. The molecule has 1 aliphatic rings. The number of hydrogen-bond donors (Lipinski definition) is 0. The second-order valence-electron chi connectivity index (χ2n) is 5.61. The number of unbranched alkanes of at least 4 members (excludes halogenated alkanes) is 3. The lowest BCUT2D eigenvalue weighted by molar-refractivity contribution is 0.358. The first-order chi connectivity index (χ1) is 11.9. The van der Waals surface area contributed by atoms with Crippen LogP contribution in [0.4, 0.5) is 0 Å². The lowest BCUT2D eigenvalue weighted by Crippen LogP contribution is -2.01. The van der Waals surface area contributed by atoms with Gasteiger partial charge in [0.15, 0.2) is 0 Å². The maximum absolute atomic E-state index is 5.60. The van der Waals surface area contributed by atoms with Crippen molar-refractivity contribution < 1.29 is 4.74 Å². The molecule has 0 aromatic heterocycles. The van der Waals surface area contributed by atoms with Gasteiger partial charge in [0.25, 0.3) is 0 Å². The molecular weight excluding hydrogens is 292 g/mol. The number of rotatable bonds is 3. The van der Waals surface area contributed by atoms with Crippen LogP contribution < -0.4 is 4.74 Å². The lowest BCUT2D eigenvalue weighted by atomic mass is 10.0. The number of fused-ring (bicyclic) bond motifs is 1. The second-order valence-corrected chi connectivity index (χ2v) is 5.61. The van der Waals surface area contributed by atoms with E-state index in [2.05, 4.69) is 35.8 Å². The number of ether oxygens (including phenoxy) is 1. The van der Waals surface area contributed by atoms with Crippen LogP contribution in [0, 0.1) is 23.7 Å². The highest BCUT2D eigenvalue weighted by Gasteiger charge is 2.07. The van der Waals surface area contributed by atoms with Crippen LogP contribution in [0.1, 0.15) is 42.4 Å². The molecule has 2 aromatic carbocycles. The smallest absolute Gasteiger partial charge is 0.128 e. The van der Waals surface area contributed by atoms with Gasteiger partial charge in [-0.3, -0.25) is 0 Å². The minimum atomic E-state index is 0.647. The van der Waals surface area contributed by atoms with E-state index in [0.29, 0.717) is 6.61 Å². The van der Waals surface area contributed by atoms with Crippen molar-refractivity contribution in [2.45, 2.75) is 25.7 Å². The predicted octanol–water partition coefficient (Wildman–Crippen LogP) is 5.06. The summed E-state index contributed by atoms with van der Waals surface area (Å²) in [6.07, 6.45) is 8.12. The van der Waals surface area contributed by atoms with Crippen molar-refractivity contribution in [1.29, 1.82) is 0 Å². The van der Waals surface area contributed by atoms with Gasteiger partial charge in [-0.05, 0) is 43.2 Å². The molecule has 0 spiro atoms. The molecular formula is C23H20O. The van der Waals surface area contributed by atoms with Gasteiger partial charge in [0, 0.05) is 29.5 Å². The molecule has 0 amide bonds. The molecule has 1 heterocycles. The van der Waals surface area contributed by atoms with Crippen LogP contribution in [0.25, 0.3) is 6.08 Å². The van der Waals surface area contributed by atoms with Crippen LogP contribution in [0.2, 0.25) is 0 Å². The highest BCUT2D eigenvalue weighted by molar-refractivity contribution is 5.66. The van der Waals surface area contributed by atoms with Crippen LogP contribution in [0.15, 0.2) is 54.6 Å². The third-order valence-corrected chi connectivity index (χ3v) is 3.77. The largest absolute Gasteiger partial charge is 0.489 e. The van der Waals surface area contributed by atoms with Gasteiger partial charge in [-0.25, -0.2) is 0 Å². The highest BCUT2D eigenvalue weighted by atomic mass is 16.5. The van der Waals surface area contributed by atoms with Crippen LogP contribution in [-0.4, -0.2) is 6.61 Å². The molecule has 118 valence electrons. The summed E-state index contributed by atoms with van der Waals surface area (Å²) in [5.74, 6) is 13.9. The van der Waals surface area contributed by atoms with Gasteiger partial charge in [0.2, 0.25) is 0 Å². The molecule has 0 fully saturated rings. The van der Waals surface area contributed by atoms with Crippen molar-refractivity contribution in [3.05, 3.63) is 71.3 Å². The SMILES string of the molecule is C(#Cc1ccccc1)CCCCC#Cc1cccc2c1C=CCO2. The fourth-order valence-electron chi connectivity index (χ4n) is 2.53. The van der Waals surface area contributed by atoms with Crippen LogP contribution in [0.3, 0.4) is 0 Å². The van der Waals surface area contributed by atoms with Gasteiger partial charge in [-0.15, -0.1) is 0 Å². The Labute approximate surface area is 144 Å². The van der Waals surface area contributed by atoms with Crippen LogP contribution in [-0.2, 0) is 0 Å². The van der Waals surface area contributed by atoms with Gasteiger partial charge in [-0.2, -0.15) is 0 Å². The van der Waals surface area contributed by atoms with E-state index in [-0.39, 0.29) is 0 Å². The van der Waals surface area contributed by atoms with E-state index in [1.165, 1.54) is 0 Å². The Morgan fingerprint density at radius 3 is 2.46 bits per heavy atom. The van der Waals surface area contributed by atoms with E-state index in [4.69, 9.17) is 4.74 Å². The van der Waals surface area contributed by atoms with Crippen molar-refractivity contribution >= 4 is 6.08 Å². The van der Waals surface area contributed by atoms with Gasteiger partial charge < -0.3 is 4.74 Å². The van der Waals surface area contributed by atoms with Crippen LogP contribution >= 0.6 is 0 Å². The molecule has 0 bridgehead atoms. The minimum Gasteiger partial charge on any atom is -0.489 e. The summed E-state index contributed by atoms with van der Waals surface area (Å²) in [6, 6.07) is 16.2. The monoisotopic (exact) mass is 312 g/mol. The predicted molar refractivity (Wildman–Crippen MR) is 99.6 cm³/mol. The fourth-order valence-corrected chi connectivity index (χ4v) is 2.53. The van der Waals surface area contributed by atoms with Crippen molar-refractivity contribution in [3.63, 3.8) is 0 Å². The summed E-state index contributed by atoms with van der Waals surface area (Å²) >= 11 is 0. The standard InChI is InChI=1S/C23H20O/c1(3-6-12-20-13-7-5-8-14-20)2-4-9-15-21-16-10-18-23-22(21)17-11-19-24-23/h5,7-8,10-11,13-14,16-18H,1-4,19H2. The maximum Gasteiger partial charge on any atom is 0.128 e. The van der Waals surface area contributed by atoms with E-state index < -0.39 is 0 Å². The first-order valence-corrected chi connectivity index (χ1v) is 8.38. The summed E-state index contributed by atoms with van der Waals surface area (Å²) < 4.78 is 5.60. The fraction of sp³-hybridized carbons (Fsp3) is 0.217. The van der Waals surface area contributed by atoms with Gasteiger partial charge in [0.05, 0.1) is 0 Å². The zero-order valence-electron chi connectivity index (χ0n) is 13.7. The first kappa shape index (κ1) is 16.0. The Balaban J connectivity index is 1.45. The molecule has 1 aliphatic heterocycles. The topological polar surface area (TPSA) is 9.23 Å². The zero-order chi connectivity index (χ0) is 16.5. The van der Waals surface area contributed by atoms with E-state index in [0.717, 1.165) is 48.1 Å². The summed E-state index contributed by atoms with van der Waals surface area (Å²) in [5, 5.41) is 0. The lowest BCUT2D eigenvalue weighted by Gasteiger charge is -2.13. The second kappa shape index (κ2) is 8.66. The third-order valence-electron chi connectivity index (χ3n) is 3.77. The number of hydrogen-bond acceptors (Lipinski definition) is 1. The molecule has 24 heavy (non-hydrogen) atoms. The Kier molecular flexibility index (Phi) is 5.76.